The fourth-order valence-electron chi connectivity index (χ4n) is 4.93. The lowest BCUT2D eigenvalue weighted by Gasteiger charge is -2.34. The van der Waals surface area contributed by atoms with Gasteiger partial charge in [0.05, 0.1) is 22.7 Å². The van der Waals surface area contributed by atoms with Gasteiger partial charge >= 0.3 is 0 Å². The van der Waals surface area contributed by atoms with E-state index in [4.69, 9.17) is 16.3 Å². The van der Waals surface area contributed by atoms with E-state index in [0.29, 0.717) is 18.7 Å². The van der Waals surface area contributed by atoms with Crippen LogP contribution in [0.2, 0.25) is 5.02 Å². The zero-order valence-corrected chi connectivity index (χ0v) is 29.1. The quantitative estimate of drug-likeness (QED) is 0.155. The van der Waals surface area contributed by atoms with Crippen LogP contribution in [-0.4, -0.2) is 51.4 Å². The van der Waals surface area contributed by atoms with Gasteiger partial charge in [0.25, 0.3) is 10.0 Å². The van der Waals surface area contributed by atoms with E-state index in [-0.39, 0.29) is 34.5 Å². The molecule has 46 heavy (non-hydrogen) atoms. The number of benzene rings is 4. The number of halogens is 2. The van der Waals surface area contributed by atoms with Gasteiger partial charge < -0.3 is 15.0 Å². The number of sulfonamides is 1. The lowest BCUT2D eigenvalue weighted by molar-refractivity contribution is -0.140. The fraction of sp³-hybridized carbons (Fsp3) is 0.257. The first-order valence-electron chi connectivity index (χ1n) is 14.8. The van der Waals surface area contributed by atoms with Crippen molar-refractivity contribution in [1.29, 1.82) is 0 Å². The highest BCUT2D eigenvalue weighted by molar-refractivity contribution is 9.10. The topological polar surface area (TPSA) is 96.0 Å². The molecule has 0 unspecified atom stereocenters. The van der Waals surface area contributed by atoms with E-state index in [1.807, 2.05) is 68.4 Å². The smallest absolute Gasteiger partial charge is 0.264 e. The molecule has 4 aromatic rings. The molecule has 0 spiro atoms. The van der Waals surface area contributed by atoms with Gasteiger partial charge in [0.15, 0.2) is 0 Å². The largest absolute Gasteiger partial charge is 0.495 e. The van der Waals surface area contributed by atoms with E-state index in [1.165, 1.54) is 36.3 Å². The zero-order chi connectivity index (χ0) is 33.3. The second-order valence-electron chi connectivity index (χ2n) is 10.8. The van der Waals surface area contributed by atoms with E-state index in [0.717, 1.165) is 25.5 Å². The fourth-order valence-corrected chi connectivity index (χ4v) is 7.03. The number of hydrogen-bond donors (Lipinski definition) is 1. The molecule has 0 aliphatic carbocycles. The van der Waals surface area contributed by atoms with Crippen molar-refractivity contribution in [2.24, 2.45) is 0 Å². The highest BCUT2D eigenvalue weighted by Crippen LogP contribution is 2.32. The minimum atomic E-state index is -4.26. The number of nitrogens with zero attached hydrogens (tertiary/aromatic N) is 2. The maximum absolute atomic E-state index is 14.5. The average molecular weight is 727 g/mol. The molecule has 4 rings (SSSR count). The van der Waals surface area contributed by atoms with Crippen LogP contribution in [0.5, 0.6) is 5.75 Å². The molecule has 4 aromatic carbocycles. The Morgan fingerprint density at radius 2 is 1.63 bits per heavy atom. The van der Waals surface area contributed by atoms with Crippen LogP contribution in [-0.2, 0) is 32.6 Å². The summed E-state index contributed by atoms with van der Waals surface area (Å²) in [5.41, 5.74) is 2.69. The lowest BCUT2D eigenvalue weighted by atomic mass is 10.0. The van der Waals surface area contributed by atoms with Crippen molar-refractivity contribution in [3.63, 3.8) is 0 Å². The van der Waals surface area contributed by atoms with E-state index >= 15 is 0 Å². The number of carbonyl (C=O) groups excluding carboxylic acids is 2. The Balaban J connectivity index is 1.82. The molecule has 0 radical (unpaired) electrons. The van der Waals surface area contributed by atoms with E-state index in [2.05, 4.69) is 21.2 Å². The number of carbonyl (C=O) groups is 2. The van der Waals surface area contributed by atoms with Crippen LogP contribution in [0.4, 0.5) is 5.69 Å². The Morgan fingerprint density at radius 1 is 0.935 bits per heavy atom. The third-order valence-electron chi connectivity index (χ3n) is 7.37. The van der Waals surface area contributed by atoms with Crippen molar-refractivity contribution >= 4 is 55.1 Å². The average Bonchev–Trinajstić information content (AvgIpc) is 3.04. The van der Waals surface area contributed by atoms with Crippen LogP contribution in [0.3, 0.4) is 0 Å². The molecule has 8 nitrogen and oxygen atoms in total. The van der Waals surface area contributed by atoms with Crippen LogP contribution in [0, 0.1) is 6.92 Å². The summed E-state index contributed by atoms with van der Waals surface area (Å²) in [5, 5.41) is 3.13. The number of hydrogen-bond acceptors (Lipinski definition) is 5. The first-order chi connectivity index (χ1) is 22.0. The third kappa shape index (κ3) is 8.90. The Bertz CT molecular complexity index is 1750. The minimum Gasteiger partial charge on any atom is -0.495 e. The van der Waals surface area contributed by atoms with Crippen LogP contribution in [0.15, 0.2) is 106 Å². The number of rotatable bonds is 14. The van der Waals surface area contributed by atoms with Gasteiger partial charge in [0.1, 0.15) is 18.3 Å². The molecule has 11 heteroatoms. The molecule has 0 saturated carbocycles. The molecule has 0 fully saturated rings. The summed E-state index contributed by atoms with van der Waals surface area (Å²) in [6, 6.07) is 26.9. The second-order valence-corrected chi connectivity index (χ2v) is 14.0. The van der Waals surface area contributed by atoms with Crippen molar-refractivity contribution in [3.05, 3.63) is 123 Å². The molecule has 0 heterocycles. The summed E-state index contributed by atoms with van der Waals surface area (Å²) < 4.78 is 35.5. The Kier molecular flexibility index (Phi) is 12.3. The van der Waals surface area contributed by atoms with Gasteiger partial charge in [-0.15, -0.1) is 0 Å². The number of nitrogens with one attached hydrogen (secondary N) is 1. The van der Waals surface area contributed by atoms with Gasteiger partial charge in [0, 0.05) is 24.0 Å². The van der Waals surface area contributed by atoms with Crippen molar-refractivity contribution in [2.45, 2.75) is 44.2 Å². The number of anilines is 1. The number of amides is 2. The maximum atomic E-state index is 14.5. The molecule has 0 aliphatic heterocycles. The molecule has 0 bridgehead atoms. The van der Waals surface area contributed by atoms with Crippen molar-refractivity contribution in [1.82, 2.24) is 10.2 Å². The SMILES string of the molecule is CCCNC(=O)[C@H](Cc1ccccc1)N(Cc1cccc(Br)c1)C(=O)CN(c1ccc(OC)c(Cl)c1)S(=O)(=O)c1ccc(C)cc1. The normalized spacial score (nSPS) is 11.8. The maximum Gasteiger partial charge on any atom is 0.264 e. The van der Waals surface area contributed by atoms with Gasteiger partial charge in [0.2, 0.25) is 11.8 Å². The number of ether oxygens (including phenoxy) is 1. The van der Waals surface area contributed by atoms with Crippen molar-refractivity contribution < 1.29 is 22.7 Å². The third-order valence-corrected chi connectivity index (χ3v) is 9.95. The summed E-state index contributed by atoms with van der Waals surface area (Å²) in [6.07, 6.45) is 0.944. The highest BCUT2D eigenvalue weighted by Gasteiger charge is 2.34. The molecule has 1 N–H and O–H groups in total. The molecule has 1 atom stereocenters. The molecule has 0 aromatic heterocycles. The summed E-state index contributed by atoms with van der Waals surface area (Å²) in [6.45, 7) is 3.72. The molecule has 2 amide bonds. The molecular weight excluding hydrogens is 690 g/mol. The van der Waals surface area contributed by atoms with Crippen LogP contribution < -0.4 is 14.4 Å². The van der Waals surface area contributed by atoms with Crippen molar-refractivity contribution in [2.75, 3.05) is 24.5 Å². The standard InChI is InChI=1S/C35H37BrClN3O5S/c1-4-19-38-35(42)32(21-26-9-6-5-7-10-26)39(23-27-11-8-12-28(36)20-27)34(41)24-40(29-15-18-33(45-3)31(37)22-29)46(43,44)30-16-13-25(2)14-17-30/h5-18,20,22,32H,4,19,21,23-24H2,1-3H3,(H,38,42)/t32-/m0/s1. The second kappa shape index (κ2) is 16.1. The van der Waals surface area contributed by atoms with Crippen LogP contribution >= 0.6 is 27.5 Å². The van der Waals surface area contributed by atoms with Crippen molar-refractivity contribution in [3.8, 4) is 5.75 Å². The number of methoxy groups -OCH3 is 1. The predicted octanol–water partition coefficient (Wildman–Crippen LogP) is 6.78. The summed E-state index contributed by atoms with van der Waals surface area (Å²) in [5.74, 6) is -0.527. The van der Waals surface area contributed by atoms with Gasteiger partial charge in [-0.1, -0.05) is 94.6 Å². The molecular formula is C35H37BrClN3O5S. The Labute approximate surface area is 284 Å². The van der Waals surface area contributed by atoms with Gasteiger partial charge in [-0.25, -0.2) is 8.42 Å². The molecule has 0 aliphatic rings. The highest BCUT2D eigenvalue weighted by atomic mass is 79.9. The van der Waals surface area contributed by atoms with Crippen LogP contribution in [0.25, 0.3) is 0 Å². The van der Waals surface area contributed by atoms with Crippen LogP contribution in [0.1, 0.15) is 30.0 Å². The monoisotopic (exact) mass is 725 g/mol. The zero-order valence-electron chi connectivity index (χ0n) is 26.0. The van der Waals surface area contributed by atoms with E-state index in [9.17, 15) is 18.0 Å². The minimum absolute atomic E-state index is 0.0119. The lowest BCUT2D eigenvalue weighted by Crippen LogP contribution is -2.53. The molecule has 242 valence electrons. The van der Waals surface area contributed by atoms with Gasteiger partial charge in [-0.05, 0) is 66.9 Å². The van der Waals surface area contributed by atoms with Gasteiger partial charge in [-0.3, -0.25) is 13.9 Å². The Hall–Kier alpha value is -3.86. The number of aryl methyl sites for hydroxylation is 1. The summed E-state index contributed by atoms with van der Waals surface area (Å²) in [4.78, 5) is 29.8. The summed E-state index contributed by atoms with van der Waals surface area (Å²) in [7, 11) is -2.80. The first kappa shape index (κ1) is 35.0. The predicted molar refractivity (Wildman–Crippen MR) is 186 cm³/mol. The van der Waals surface area contributed by atoms with Gasteiger partial charge in [-0.2, -0.15) is 0 Å². The first-order valence-corrected chi connectivity index (χ1v) is 17.4. The van der Waals surface area contributed by atoms with E-state index in [1.54, 1.807) is 18.2 Å². The van der Waals surface area contributed by atoms with E-state index < -0.39 is 28.5 Å². The Morgan fingerprint density at radius 3 is 2.26 bits per heavy atom. The summed E-state index contributed by atoms with van der Waals surface area (Å²) >= 11 is 9.94. The molecule has 0 saturated heterocycles.